The molecule has 0 aromatic heterocycles. The van der Waals surface area contributed by atoms with E-state index in [0.717, 1.165) is 4.90 Å². The number of hydrogen-bond donors (Lipinski definition) is 2. The predicted octanol–water partition coefficient (Wildman–Crippen LogP) is 3.48. The van der Waals surface area contributed by atoms with Gasteiger partial charge in [-0.1, -0.05) is 12.1 Å². The molecule has 0 saturated heterocycles. The number of nitro groups is 1. The van der Waals surface area contributed by atoms with Crippen molar-refractivity contribution in [3.8, 4) is 0 Å². The van der Waals surface area contributed by atoms with Gasteiger partial charge in [-0.05, 0) is 60.5 Å². The topological polar surface area (TPSA) is 242 Å². The van der Waals surface area contributed by atoms with Crippen LogP contribution in [0.5, 0.6) is 0 Å². The number of nitrogens with two attached hydrogens (primary N) is 1. The number of non-ortho nitro benzene ring substituents is 1. The molecule has 3 N–H and O–H groups in total. The first kappa shape index (κ1) is 41.7. The summed E-state index contributed by atoms with van der Waals surface area (Å²) < 4.78 is 31.0. The van der Waals surface area contributed by atoms with Gasteiger partial charge < -0.3 is 39.5 Å². The molecule has 2 rings (SSSR count). The van der Waals surface area contributed by atoms with Crippen molar-refractivity contribution < 1.29 is 62.1 Å². The fourth-order valence-corrected chi connectivity index (χ4v) is 4.86. The van der Waals surface area contributed by atoms with Crippen LogP contribution in [0.25, 0.3) is 0 Å². The average Bonchev–Trinajstić information content (AvgIpc) is 3.01. The molecule has 3 amide bonds. The lowest BCUT2D eigenvalue weighted by atomic mass is 9.79. The lowest BCUT2D eigenvalue weighted by molar-refractivity contribution is -0.384. The number of nitrogens with zero attached hydrogens (tertiary/aromatic N) is 2. The van der Waals surface area contributed by atoms with Crippen LogP contribution in [0.1, 0.15) is 72.8 Å². The molecule has 0 fully saturated rings. The van der Waals surface area contributed by atoms with Crippen molar-refractivity contribution in [1.29, 1.82) is 0 Å². The minimum atomic E-state index is -1.28. The molecular weight excluding hydrogens is 676 g/mol. The number of rotatable bonds is 15. The van der Waals surface area contributed by atoms with Crippen LogP contribution < -0.4 is 11.1 Å². The van der Waals surface area contributed by atoms with Crippen LogP contribution in [0.2, 0.25) is 0 Å². The molecule has 280 valence electrons. The summed E-state index contributed by atoms with van der Waals surface area (Å²) in [7, 11) is 1.39. The third-order valence-corrected chi connectivity index (χ3v) is 7.00. The standard InChI is InChI=1S/C33H44N4O14/c1-18(2)50-30(41)26-20(4)36(32(43)49-17-48-24(38)13-12-23(28(34)39)35-31(42)51-33(5,6)7)19(3)25(29(40)47-15-14-46-8)27(26)21-10-9-11-22(16-21)37(44)45/h9-11,16,18,23,27H,12-15,17H2,1-8H3,(H2,34,39)(H,35,42)/t23-,27?/m0/s1. The van der Waals surface area contributed by atoms with Crippen LogP contribution in [0.4, 0.5) is 15.3 Å². The number of carbonyl (C=O) groups excluding carboxylic acids is 6. The summed E-state index contributed by atoms with van der Waals surface area (Å²) in [4.78, 5) is 88.9. The summed E-state index contributed by atoms with van der Waals surface area (Å²) in [5.41, 5.74) is 3.78. The monoisotopic (exact) mass is 720 g/mol. The number of methoxy groups -OCH3 is 1. The van der Waals surface area contributed by atoms with E-state index in [2.05, 4.69) is 5.32 Å². The number of amides is 3. The van der Waals surface area contributed by atoms with Crippen molar-refractivity contribution >= 4 is 41.7 Å². The minimum Gasteiger partial charge on any atom is -0.460 e. The zero-order valence-electron chi connectivity index (χ0n) is 29.8. The molecule has 1 unspecified atom stereocenters. The molecule has 1 aliphatic heterocycles. The minimum absolute atomic E-state index is 0.0189. The van der Waals surface area contributed by atoms with Gasteiger partial charge in [-0.3, -0.25) is 24.6 Å². The summed E-state index contributed by atoms with van der Waals surface area (Å²) in [5.74, 6) is -5.02. The number of ether oxygens (including phenoxy) is 6. The van der Waals surface area contributed by atoms with E-state index < -0.39 is 77.8 Å². The maximum absolute atomic E-state index is 13.6. The van der Waals surface area contributed by atoms with Crippen LogP contribution in [0, 0.1) is 10.1 Å². The van der Waals surface area contributed by atoms with Gasteiger partial charge in [0.15, 0.2) is 0 Å². The summed E-state index contributed by atoms with van der Waals surface area (Å²) in [6.45, 7) is 9.66. The number of carbonyl (C=O) groups is 6. The van der Waals surface area contributed by atoms with Crippen LogP contribution in [-0.4, -0.2) is 90.7 Å². The van der Waals surface area contributed by atoms with E-state index in [1.54, 1.807) is 34.6 Å². The molecule has 18 nitrogen and oxygen atoms in total. The van der Waals surface area contributed by atoms with Gasteiger partial charge in [0.2, 0.25) is 12.7 Å². The van der Waals surface area contributed by atoms with E-state index in [1.807, 2.05) is 0 Å². The third-order valence-electron chi connectivity index (χ3n) is 7.00. The molecule has 0 aliphatic carbocycles. The first-order valence-electron chi connectivity index (χ1n) is 15.7. The highest BCUT2D eigenvalue weighted by molar-refractivity contribution is 6.01. The van der Waals surface area contributed by atoms with Crippen molar-refractivity contribution in [3.63, 3.8) is 0 Å². The summed E-state index contributed by atoms with van der Waals surface area (Å²) in [6, 6.07) is 4.01. The lowest BCUT2D eigenvalue weighted by Crippen LogP contribution is -2.46. The zero-order valence-corrected chi connectivity index (χ0v) is 29.8. The van der Waals surface area contributed by atoms with Crippen LogP contribution >= 0.6 is 0 Å². The Bertz CT molecular complexity index is 1580. The number of benzene rings is 1. The number of allylic oxidation sites excluding steroid dienone is 2. The van der Waals surface area contributed by atoms with Crippen LogP contribution in [0.15, 0.2) is 46.8 Å². The molecule has 2 atom stereocenters. The van der Waals surface area contributed by atoms with Gasteiger partial charge in [-0.15, -0.1) is 0 Å². The number of nitrogens with one attached hydrogen (secondary N) is 1. The van der Waals surface area contributed by atoms with Crippen LogP contribution in [0.3, 0.4) is 0 Å². The molecule has 0 bridgehead atoms. The maximum Gasteiger partial charge on any atom is 0.421 e. The van der Waals surface area contributed by atoms with Gasteiger partial charge in [-0.2, -0.15) is 0 Å². The zero-order chi connectivity index (χ0) is 38.6. The second-order valence-electron chi connectivity index (χ2n) is 12.4. The fraction of sp³-hybridized carbons (Fsp3) is 0.515. The molecular formula is C33H44N4O14. The normalized spacial score (nSPS) is 15.2. The van der Waals surface area contributed by atoms with E-state index in [-0.39, 0.29) is 53.4 Å². The Morgan fingerprint density at radius 3 is 2.16 bits per heavy atom. The quantitative estimate of drug-likeness (QED) is 0.0658. The highest BCUT2D eigenvalue weighted by atomic mass is 16.7. The molecule has 0 radical (unpaired) electrons. The van der Waals surface area contributed by atoms with Gasteiger partial charge in [0, 0.05) is 37.1 Å². The second-order valence-corrected chi connectivity index (χ2v) is 12.4. The highest BCUT2D eigenvalue weighted by Gasteiger charge is 2.43. The molecule has 1 aromatic carbocycles. The Kier molecular flexibility index (Phi) is 15.1. The summed E-state index contributed by atoms with van der Waals surface area (Å²) in [6.07, 6.45) is -3.41. The Morgan fingerprint density at radius 2 is 1.61 bits per heavy atom. The number of alkyl carbamates (subject to hydrolysis) is 1. The smallest absolute Gasteiger partial charge is 0.421 e. The van der Waals surface area contributed by atoms with Crippen molar-refractivity contribution in [2.24, 2.45) is 5.73 Å². The van der Waals surface area contributed by atoms with E-state index >= 15 is 0 Å². The Balaban J connectivity index is 2.40. The number of hydrogen-bond acceptors (Lipinski definition) is 14. The molecule has 0 saturated carbocycles. The van der Waals surface area contributed by atoms with Crippen molar-refractivity contribution in [3.05, 3.63) is 62.5 Å². The molecule has 1 aromatic rings. The van der Waals surface area contributed by atoms with Gasteiger partial charge in [0.05, 0.1) is 34.7 Å². The number of esters is 3. The van der Waals surface area contributed by atoms with Crippen molar-refractivity contribution in [1.82, 2.24) is 10.2 Å². The van der Waals surface area contributed by atoms with Gasteiger partial charge >= 0.3 is 30.1 Å². The van der Waals surface area contributed by atoms with E-state index in [4.69, 9.17) is 34.2 Å². The van der Waals surface area contributed by atoms with Gasteiger partial charge in [0.1, 0.15) is 18.2 Å². The first-order valence-corrected chi connectivity index (χ1v) is 15.7. The number of primary amides is 1. The van der Waals surface area contributed by atoms with Crippen molar-refractivity contribution in [2.75, 3.05) is 27.1 Å². The predicted molar refractivity (Wildman–Crippen MR) is 176 cm³/mol. The molecule has 1 heterocycles. The van der Waals surface area contributed by atoms with E-state index in [9.17, 15) is 38.9 Å². The summed E-state index contributed by atoms with van der Waals surface area (Å²) in [5, 5.41) is 13.9. The molecule has 18 heteroatoms. The largest absolute Gasteiger partial charge is 0.460 e. The second kappa shape index (κ2) is 18.5. The first-order chi connectivity index (χ1) is 23.8. The molecule has 0 spiro atoms. The van der Waals surface area contributed by atoms with Crippen LogP contribution in [-0.2, 0) is 47.6 Å². The Morgan fingerprint density at radius 1 is 0.980 bits per heavy atom. The number of nitro benzene ring substituents is 1. The average molecular weight is 721 g/mol. The lowest BCUT2D eigenvalue weighted by Gasteiger charge is -2.36. The molecule has 51 heavy (non-hydrogen) atoms. The van der Waals surface area contributed by atoms with Crippen molar-refractivity contribution in [2.45, 2.75) is 85.0 Å². The fourth-order valence-electron chi connectivity index (χ4n) is 4.86. The van der Waals surface area contributed by atoms with Gasteiger partial charge in [-0.25, -0.2) is 19.2 Å². The molecule has 1 aliphatic rings. The summed E-state index contributed by atoms with van der Waals surface area (Å²) >= 11 is 0. The Labute approximate surface area is 294 Å². The third kappa shape index (κ3) is 12.1. The Hall–Kier alpha value is -5.52. The van der Waals surface area contributed by atoms with Gasteiger partial charge in [0.25, 0.3) is 5.69 Å². The van der Waals surface area contributed by atoms with E-state index in [1.165, 1.54) is 45.2 Å². The maximum atomic E-state index is 13.6. The van der Waals surface area contributed by atoms with E-state index in [0.29, 0.717) is 0 Å². The SMILES string of the molecule is COCCOC(=O)C1=C(C)N(C(=O)OCOC(=O)CC[C@H](NC(=O)OC(C)(C)C)C(N)=O)C(C)=C(C(=O)OC(C)C)C1c1cccc([N+](=O)[O-])c1. The highest BCUT2D eigenvalue weighted by Crippen LogP contribution is 2.44.